The molecule has 0 aromatic heterocycles. The Kier molecular flexibility index (Phi) is 4.17. The standard InChI is InChI=1S/C10H12ClFO2/c1-14-10-3-2-8(12)4-7(10)5-9(13)6-11/h2-4,9,13H,5-6H2,1H3. The summed E-state index contributed by atoms with van der Waals surface area (Å²) in [6.45, 7) is 0. The fourth-order valence-electron chi connectivity index (χ4n) is 1.22. The van der Waals surface area contributed by atoms with Gasteiger partial charge in [-0.3, -0.25) is 0 Å². The molecule has 0 saturated carbocycles. The number of rotatable bonds is 4. The summed E-state index contributed by atoms with van der Waals surface area (Å²) in [4.78, 5) is 0. The normalized spacial score (nSPS) is 12.6. The number of aliphatic hydroxyl groups excluding tert-OH is 1. The largest absolute Gasteiger partial charge is 0.496 e. The van der Waals surface area contributed by atoms with Gasteiger partial charge in [0.15, 0.2) is 0 Å². The molecular weight excluding hydrogens is 207 g/mol. The van der Waals surface area contributed by atoms with Crippen molar-refractivity contribution in [2.24, 2.45) is 0 Å². The zero-order chi connectivity index (χ0) is 10.6. The smallest absolute Gasteiger partial charge is 0.123 e. The Labute approximate surface area is 87.3 Å². The zero-order valence-electron chi connectivity index (χ0n) is 7.84. The zero-order valence-corrected chi connectivity index (χ0v) is 8.59. The lowest BCUT2D eigenvalue weighted by Crippen LogP contribution is -2.12. The first-order chi connectivity index (χ1) is 6.67. The lowest BCUT2D eigenvalue weighted by molar-refractivity contribution is 0.197. The Morgan fingerprint density at radius 3 is 2.86 bits per heavy atom. The predicted molar refractivity (Wildman–Crippen MR) is 53.4 cm³/mol. The Bertz CT molecular complexity index is 304. The SMILES string of the molecule is COc1ccc(F)cc1CC(O)CCl. The lowest BCUT2D eigenvalue weighted by atomic mass is 10.1. The van der Waals surface area contributed by atoms with Crippen molar-refractivity contribution in [3.05, 3.63) is 29.6 Å². The first kappa shape index (κ1) is 11.3. The second-order valence-corrected chi connectivity index (χ2v) is 3.28. The Morgan fingerprint density at radius 1 is 1.57 bits per heavy atom. The summed E-state index contributed by atoms with van der Waals surface area (Å²) >= 11 is 5.45. The number of alkyl halides is 1. The average Bonchev–Trinajstić information content (AvgIpc) is 2.18. The van der Waals surface area contributed by atoms with E-state index >= 15 is 0 Å². The van der Waals surface area contributed by atoms with E-state index in [2.05, 4.69) is 0 Å². The lowest BCUT2D eigenvalue weighted by Gasteiger charge is -2.11. The Hall–Kier alpha value is -0.800. The molecule has 14 heavy (non-hydrogen) atoms. The Morgan fingerprint density at radius 2 is 2.29 bits per heavy atom. The van der Waals surface area contributed by atoms with Crippen LogP contribution in [0.25, 0.3) is 0 Å². The van der Waals surface area contributed by atoms with Gasteiger partial charge in [-0.25, -0.2) is 4.39 Å². The van der Waals surface area contributed by atoms with E-state index in [0.29, 0.717) is 17.7 Å². The molecule has 1 unspecified atom stereocenters. The molecule has 78 valence electrons. The van der Waals surface area contributed by atoms with E-state index in [1.54, 1.807) is 0 Å². The Balaban J connectivity index is 2.87. The number of aliphatic hydroxyl groups is 1. The van der Waals surface area contributed by atoms with Crippen LogP contribution in [0.1, 0.15) is 5.56 Å². The highest BCUT2D eigenvalue weighted by Gasteiger charge is 2.09. The maximum atomic E-state index is 12.9. The third-order valence-electron chi connectivity index (χ3n) is 1.88. The average molecular weight is 219 g/mol. The van der Waals surface area contributed by atoms with Gasteiger partial charge in [0.2, 0.25) is 0 Å². The van der Waals surface area contributed by atoms with Gasteiger partial charge < -0.3 is 9.84 Å². The van der Waals surface area contributed by atoms with Crippen LogP contribution >= 0.6 is 11.6 Å². The topological polar surface area (TPSA) is 29.5 Å². The molecule has 1 N–H and O–H groups in total. The van der Waals surface area contributed by atoms with Crippen molar-refractivity contribution in [3.8, 4) is 5.75 Å². The van der Waals surface area contributed by atoms with Gasteiger partial charge in [-0.1, -0.05) is 0 Å². The van der Waals surface area contributed by atoms with E-state index < -0.39 is 6.10 Å². The van der Waals surface area contributed by atoms with Crippen LogP contribution in [0, 0.1) is 5.82 Å². The molecule has 0 aliphatic heterocycles. The van der Waals surface area contributed by atoms with Crippen molar-refractivity contribution in [3.63, 3.8) is 0 Å². The fourth-order valence-corrected chi connectivity index (χ4v) is 1.32. The van der Waals surface area contributed by atoms with Gasteiger partial charge in [0.25, 0.3) is 0 Å². The first-order valence-corrected chi connectivity index (χ1v) is 4.77. The molecule has 0 heterocycles. The number of halogens is 2. The maximum Gasteiger partial charge on any atom is 0.123 e. The molecule has 0 radical (unpaired) electrons. The van der Waals surface area contributed by atoms with Gasteiger partial charge in [-0.2, -0.15) is 0 Å². The van der Waals surface area contributed by atoms with Gasteiger partial charge in [-0.05, 0) is 23.8 Å². The summed E-state index contributed by atoms with van der Waals surface area (Å²) < 4.78 is 17.9. The van der Waals surface area contributed by atoms with Gasteiger partial charge in [-0.15, -0.1) is 11.6 Å². The molecule has 0 amide bonds. The van der Waals surface area contributed by atoms with Crippen LogP contribution < -0.4 is 4.74 Å². The summed E-state index contributed by atoms with van der Waals surface area (Å²) in [5.41, 5.74) is 0.626. The molecule has 2 nitrogen and oxygen atoms in total. The minimum atomic E-state index is -0.674. The van der Waals surface area contributed by atoms with Crippen molar-refractivity contribution in [2.45, 2.75) is 12.5 Å². The first-order valence-electron chi connectivity index (χ1n) is 4.23. The van der Waals surface area contributed by atoms with Gasteiger partial charge >= 0.3 is 0 Å². The number of benzene rings is 1. The van der Waals surface area contributed by atoms with E-state index in [9.17, 15) is 9.50 Å². The molecule has 0 aliphatic rings. The van der Waals surface area contributed by atoms with Crippen molar-refractivity contribution >= 4 is 11.6 Å². The second kappa shape index (κ2) is 5.17. The highest BCUT2D eigenvalue weighted by molar-refractivity contribution is 6.18. The van der Waals surface area contributed by atoms with Gasteiger partial charge in [0.05, 0.1) is 13.2 Å². The van der Waals surface area contributed by atoms with Crippen LogP contribution in [0.5, 0.6) is 5.75 Å². The minimum Gasteiger partial charge on any atom is -0.496 e. The van der Waals surface area contributed by atoms with Crippen LogP contribution in [-0.4, -0.2) is 24.2 Å². The van der Waals surface area contributed by atoms with Crippen molar-refractivity contribution in [2.75, 3.05) is 13.0 Å². The number of hydrogen-bond acceptors (Lipinski definition) is 2. The monoisotopic (exact) mass is 218 g/mol. The van der Waals surface area contributed by atoms with Crippen molar-refractivity contribution < 1.29 is 14.2 Å². The maximum absolute atomic E-state index is 12.9. The van der Waals surface area contributed by atoms with Gasteiger partial charge in [0, 0.05) is 12.3 Å². The van der Waals surface area contributed by atoms with Crippen LogP contribution in [0.3, 0.4) is 0 Å². The summed E-state index contributed by atoms with van der Waals surface area (Å²) in [6, 6.07) is 4.19. The third kappa shape index (κ3) is 2.86. The van der Waals surface area contributed by atoms with E-state index in [4.69, 9.17) is 16.3 Å². The predicted octanol–water partition coefficient (Wildman–Crippen LogP) is 1.98. The van der Waals surface area contributed by atoms with Crippen LogP contribution in [0.4, 0.5) is 4.39 Å². The minimum absolute atomic E-state index is 0.125. The molecular formula is C10H12ClFO2. The third-order valence-corrected chi connectivity index (χ3v) is 2.23. The van der Waals surface area contributed by atoms with E-state index in [0.717, 1.165) is 0 Å². The molecule has 0 saturated heterocycles. The van der Waals surface area contributed by atoms with E-state index in [1.807, 2.05) is 0 Å². The van der Waals surface area contributed by atoms with Crippen LogP contribution in [0.15, 0.2) is 18.2 Å². The molecule has 0 aliphatic carbocycles. The number of hydrogen-bond donors (Lipinski definition) is 1. The molecule has 0 bridgehead atoms. The summed E-state index contributed by atoms with van der Waals surface area (Å²) in [5, 5.41) is 9.31. The molecule has 1 rings (SSSR count). The molecule has 1 aromatic rings. The number of ether oxygens (including phenoxy) is 1. The van der Waals surface area contributed by atoms with Crippen molar-refractivity contribution in [1.82, 2.24) is 0 Å². The highest BCUT2D eigenvalue weighted by atomic mass is 35.5. The van der Waals surface area contributed by atoms with Crippen LogP contribution in [-0.2, 0) is 6.42 Å². The molecule has 0 spiro atoms. The molecule has 4 heteroatoms. The molecule has 1 atom stereocenters. The second-order valence-electron chi connectivity index (χ2n) is 2.97. The quantitative estimate of drug-likeness (QED) is 0.784. The van der Waals surface area contributed by atoms with Gasteiger partial charge in [0.1, 0.15) is 11.6 Å². The number of methoxy groups -OCH3 is 1. The summed E-state index contributed by atoms with van der Waals surface area (Å²) in [6.07, 6.45) is -0.378. The van der Waals surface area contributed by atoms with Crippen molar-refractivity contribution in [1.29, 1.82) is 0 Å². The molecule has 0 fully saturated rings. The summed E-state index contributed by atoms with van der Waals surface area (Å²) in [5.74, 6) is 0.345. The van der Waals surface area contributed by atoms with E-state index in [-0.39, 0.29) is 11.7 Å². The fraction of sp³-hybridized carbons (Fsp3) is 0.400. The highest BCUT2D eigenvalue weighted by Crippen LogP contribution is 2.20. The summed E-state index contributed by atoms with van der Waals surface area (Å²) in [7, 11) is 1.50. The molecule has 1 aromatic carbocycles. The van der Waals surface area contributed by atoms with Crippen LogP contribution in [0.2, 0.25) is 0 Å². The van der Waals surface area contributed by atoms with E-state index in [1.165, 1.54) is 25.3 Å².